The van der Waals surface area contributed by atoms with Gasteiger partial charge in [0, 0.05) is 44.0 Å². The summed E-state index contributed by atoms with van der Waals surface area (Å²) in [5.41, 5.74) is 6.04. The van der Waals surface area contributed by atoms with Crippen LogP contribution >= 0.6 is 0 Å². The van der Waals surface area contributed by atoms with Gasteiger partial charge in [0.25, 0.3) is 5.91 Å². The van der Waals surface area contributed by atoms with Gasteiger partial charge in [-0.15, -0.1) is 0 Å². The van der Waals surface area contributed by atoms with E-state index in [-0.39, 0.29) is 35.9 Å². The highest BCUT2D eigenvalue weighted by atomic mass is 32.2. The normalized spacial score (nSPS) is 22.3. The Bertz CT molecular complexity index is 1010. The summed E-state index contributed by atoms with van der Waals surface area (Å²) in [6.45, 7) is 2.44. The fourth-order valence-corrected chi connectivity index (χ4v) is 5.59. The van der Waals surface area contributed by atoms with E-state index in [1.165, 1.54) is 0 Å². The second-order valence-corrected chi connectivity index (χ2v) is 11.7. The highest BCUT2D eigenvalue weighted by Crippen LogP contribution is 2.30. The van der Waals surface area contributed by atoms with Crippen molar-refractivity contribution in [2.45, 2.75) is 44.2 Å². The maximum Gasteiger partial charge on any atom is 0.253 e. The van der Waals surface area contributed by atoms with Crippen LogP contribution in [0.5, 0.6) is 5.75 Å². The van der Waals surface area contributed by atoms with E-state index in [1.54, 1.807) is 31.4 Å². The number of carbonyl (C=O) groups is 3. The van der Waals surface area contributed by atoms with Crippen molar-refractivity contribution in [2.24, 2.45) is 11.7 Å². The zero-order valence-electron chi connectivity index (χ0n) is 20.4. The van der Waals surface area contributed by atoms with Gasteiger partial charge in [0.15, 0.2) is 0 Å². The summed E-state index contributed by atoms with van der Waals surface area (Å²) in [6.07, 6.45) is 4.52. The van der Waals surface area contributed by atoms with Crippen LogP contribution < -0.4 is 15.8 Å². The number of methoxy groups -OCH3 is 1. The number of primary amides is 1. The summed E-state index contributed by atoms with van der Waals surface area (Å²) in [4.78, 5) is 41.9. The molecule has 10 nitrogen and oxygen atoms in total. The number of rotatable bonds is 9. The molecule has 3 amide bonds. The van der Waals surface area contributed by atoms with Crippen molar-refractivity contribution in [1.29, 1.82) is 0 Å². The van der Waals surface area contributed by atoms with Gasteiger partial charge < -0.3 is 20.7 Å². The average Bonchev–Trinajstić information content (AvgIpc) is 2.85. The van der Waals surface area contributed by atoms with E-state index in [4.69, 9.17) is 10.5 Å². The maximum atomic E-state index is 13.1. The summed E-state index contributed by atoms with van der Waals surface area (Å²) >= 11 is 0. The molecule has 194 valence electrons. The molecular formula is C24H36N4O6S. The molecule has 2 unspecified atom stereocenters. The van der Waals surface area contributed by atoms with Gasteiger partial charge >= 0.3 is 0 Å². The lowest BCUT2D eigenvalue weighted by molar-refractivity contribution is -0.133. The largest absolute Gasteiger partial charge is 0.497 e. The monoisotopic (exact) mass is 508 g/mol. The lowest BCUT2D eigenvalue weighted by Gasteiger charge is -2.44. The molecule has 1 aliphatic carbocycles. The minimum Gasteiger partial charge on any atom is -0.497 e. The number of hydrogen-bond donors (Lipinski definition) is 2. The van der Waals surface area contributed by atoms with E-state index in [0.717, 1.165) is 25.5 Å². The van der Waals surface area contributed by atoms with Gasteiger partial charge in [0.1, 0.15) is 21.6 Å². The Morgan fingerprint density at radius 1 is 1.09 bits per heavy atom. The first-order chi connectivity index (χ1) is 16.6. The van der Waals surface area contributed by atoms with Crippen LogP contribution in [0.25, 0.3) is 0 Å². The number of sulfone groups is 1. The van der Waals surface area contributed by atoms with Crippen molar-refractivity contribution in [2.75, 3.05) is 45.3 Å². The molecule has 3 N–H and O–H groups in total. The highest BCUT2D eigenvalue weighted by Gasteiger charge is 2.37. The van der Waals surface area contributed by atoms with Crippen LogP contribution in [-0.4, -0.2) is 93.3 Å². The number of nitrogens with two attached hydrogens (primary N) is 1. The standard InChI is InChI=1S/C24H36N4O6S/c1-34-18-9-7-17(8-10-18)24(31)28-14-12-27(13-15-28)21-6-4-3-5-19(21)23(30)26-20(22(25)29)11-16-35(2,32)33/h7-10,19-21H,3-6,11-16H2,1-2H3,(H2,25,29)(H,26,30)/t19?,20-,21?/m0/s1. The topological polar surface area (TPSA) is 139 Å². The van der Waals surface area contributed by atoms with Gasteiger partial charge in [-0.1, -0.05) is 12.8 Å². The third kappa shape index (κ3) is 7.41. The first-order valence-corrected chi connectivity index (χ1v) is 14.1. The third-order valence-electron chi connectivity index (χ3n) is 6.91. The number of amides is 3. The van der Waals surface area contributed by atoms with Crippen LogP contribution in [0.15, 0.2) is 24.3 Å². The molecule has 0 aromatic heterocycles. The maximum absolute atomic E-state index is 13.1. The molecule has 3 rings (SSSR count). The Hall–Kier alpha value is -2.66. The van der Waals surface area contributed by atoms with Gasteiger partial charge in [-0.2, -0.15) is 0 Å². The fourth-order valence-electron chi connectivity index (χ4n) is 4.92. The summed E-state index contributed by atoms with van der Waals surface area (Å²) in [7, 11) is -1.70. The molecule has 0 spiro atoms. The second kappa shape index (κ2) is 11.9. The van der Waals surface area contributed by atoms with Crippen LogP contribution in [0, 0.1) is 5.92 Å². The van der Waals surface area contributed by atoms with Crippen LogP contribution in [0.2, 0.25) is 0 Å². The van der Waals surface area contributed by atoms with Crippen LogP contribution in [-0.2, 0) is 19.4 Å². The molecule has 1 aliphatic heterocycles. The molecule has 11 heteroatoms. The van der Waals surface area contributed by atoms with Crippen molar-refractivity contribution in [3.05, 3.63) is 29.8 Å². The number of carbonyl (C=O) groups excluding carboxylic acids is 3. The molecule has 1 saturated heterocycles. The molecule has 0 radical (unpaired) electrons. The number of hydrogen-bond acceptors (Lipinski definition) is 7. The van der Waals surface area contributed by atoms with Gasteiger partial charge in [-0.3, -0.25) is 19.3 Å². The molecule has 35 heavy (non-hydrogen) atoms. The van der Waals surface area contributed by atoms with E-state index in [2.05, 4.69) is 10.2 Å². The summed E-state index contributed by atoms with van der Waals surface area (Å²) in [5.74, 6) is -0.862. The Balaban J connectivity index is 1.59. The molecule has 1 aromatic carbocycles. The second-order valence-electron chi connectivity index (χ2n) is 9.40. The smallest absolute Gasteiger partial charge is 0.253 e. The molecule has 3 atom stereocenters. The molecule has 1 heterocycles. The van der Waals surface area contributed by atoms with Gasteiger partial charge in [-0.05, 0) is 43.5 Å². The highest BCUT2D eigenvalue weighted by molar-refractivity contribution is 7.90. The first-order valence-electron chi connectivity index (χ1n) is 12.0. The Morgan fingerprint density at radius 2 is 1.71 bits per heavy atom. The fraction of sp³-hybridized carbons (Fsp3) is 0.625. The summed E-state index contributed by atoms with van der Waals surface area (Å²) < 4.78 is 28.1. The SMILES string of the molecule is COc1ccc(C(=O)N2CCN(C3CCCCC3C(=O)N[C@@H](CCS(C)(=O)=O)C(N)=O)CC2)cc1. The zero-order valence-corrected chi connectivity index (χ0v) is 21.3. The van der Waals surface area contributed by atoms with Gasteiger partial charge in [-0.25, -0.2) is 8.42 Å². The Labute approximate surface area is 207 Å². The van der Waals surface area contributed by atoms with Gasteiger partial charge in [0.2, 0.25) is 11.8 Å². The predicted molar refractivity (Wildman–Crippen MR) is 132 cm³/mol. The van der Waals surface area contributed by atoms with Crippen molar-refractivity contribution in [3.63, 3.8) is 0 Å². The number of nitrogens with one attached hydrogen (secondary N) is 1. The Morgan fingerprint density at radius 3 is 2.29 bits per heavy atom. The van der Waals surface area contributed by atoms with E-state index in [9.17, 15) is 22.8 Å². The first kappa shape index (κ1) is 26.9. The van der Waals surface area contributed by atoms with Crippen LogP contribution in [0.3, 0.4) is 0 Å². The molecular weight excluding hydrogens is 472 g/mol. The molecule has 1 saturated carbocycles. The number of ether oxygens (including phenoxy) is 1. The third-order valence-corrected chi connectivity index (χ3v) is 7.89. The molecule has 1 aromatic rings. The van der Waals surface area contributed by atoms with Gasteiger partial charge in [0.05, 0.1) is 18.8 Å². The van der Waals surface area contributed by atoms with Crippen molar-refractivity contribution in [3.8, 4) is 5.75 Å². The lowest BCUT2D eigenvalue weighted by Crippen LogP contribution is -2.57. The summed E-state index contributed by atoms with van der Waals surface area (Å²) in [6, 6.07) is 6.04. The predicted octanol–water partition coefficient (Wildman–Crippen LogP) is 0.417. The van der Waals surface area contributed by atoms with E-state index < -0.39 is 21.8 Å². The van der Waals surface area contributed by atoms with Crippen molar-refractivity contribution in [1.82, 2.24) is 15.1 Å². The zero-order chi connectivity index (χ0) is 25.6. The number of benzene rings is 1. The van der Waals surface area contributed by atoms with E-state index >= 15 is 0 Å². The quantitative estimate of drug-likeness (QED) is 0.493. The van der Waals surface area contributed by atoms with E-state index in [1.807, 2.05) is 4.90 Å². The van der Waals surface area contributed by atoms with Crippen molar-refractivity contribution < 1.29 is 27.5 Å². The summed E-state index contributed by atoms with van der Waals surface area (Å²) in [5, 5.41) is 2.71. The van der Waals surface area contributed by atoms with Crippen LogP contribution in [0.4, 0.5) is 0 Å². The van der Waals surface area contributed by atoms with E-state index in [0.29, 0.717) is 43.9 Å². The van der Waals surface area contributed by atoms with Crippen molar-refractivity contribution >= 4 is 27.6 Å². The minimum absolute atomic E-state index is 0.00502. The number of piperazine rings is 1. The molecule has 0 bridgehead atoms. The van der Waals surface area contributed by atoms with Crippen LogP contribution in [0.1, 0.15) is 42.5 Å². The number of nitrogens with zero attached hydrogens (tertiary/aromatic N) is 2. The Kier molecular flexibility index (Phi) is 9.12. The minimum atomic E-state index is -3.28. The average molecular weight is 509 g/mol. The lowest BCUT2D eigenvalue weighted by atomic mass is 9.82. The molecule has 2 fully saturated rings. The molecule has 2 aliphatic rings.